The van der Waals surface area contributed by atoms with Gasteiger partial charge >= 0.3 is 6.09 Å². The van der Waals surface area contributed by atoms with Gasteiger partial charge in [-0.25, -0.2) is 19.2 Å². The fourth-order valence-electron chi connectivity index (χ4n) is 10.5. The van der Waals surface area contributed by atoms with Crippen molar-refractivity contribution in [2.45, 2.75) is 93.8 Å². The highest BCUT2D eigenvalue weighted by Crippen LogP contribution is 2.70. The number of aliphatic hydroxyl groups excluding tert-OH is 2. The third-order valence-corrected chi connectivity index (χ3v) is 12.9. The summed E-state index contributed by atoms with van der Waals surface area (Å²) >= 11 is 0. The summed E-state index contributed by atoms with van der Waals surface area (Å²) in [6.45, 7) is 4.57. The second kappa shape index (κ2) is 11.2. The Hall–Kier alpha value is -3.64. The number of Topliss-reactive ketones (excluding diaryl/α,β-unsaturated/α-hetero) is 1. The lowest BCUT2D eigenvalue weighted by Crippen LogP contribution is -2.76. The van der Waals surface area contributed by atoms with Crippen molar-refractivity contribution in [3.8, 4) is 0 Å². The van der Waals surface area contributed by atoms with Gasteiger partial charge in [-0.1, -0.05) is 25.5 Å². The molecule has 7 aliphatic rings. The summed E-state index contributed by atoms with van der Waals surface area (Å²) < 4.78 is 21.6. The molecule has 4 fully saturated rings. The summed E-state index contributed by atoms with van der Waals surface area (Å²) in [4.78, 5) is 45.0. The molecule has 3 heterocycles. The van der Waals surface area contributed by atoms with E-state index in [9.17, 15) is 39.9 Å². The standard InChI is InChI=1S/C22H29FO5.C10H17N7O4/c1-12-8-16-15-5-4-13-9-14(25)6-7-19(13,2)21(15,23)17(26)10-20(16,3)22(12,28)18(27)11-24;11-6-15-5-4(3-21-8(13)18)14-7(12)17-2-1-9(19,20)10(5,17)16-6/h6-7,9,12,15-17,24,26,28H,4-5,8,10-11H2,1-3H3;4-5,19-20H,1-3H2,(H2,12,14)(H2,13,18)(H3,11,15,16)/t12-,15+,16+,17+,19+,20+,21+,22+;4-,5-,10-/m10/s1. The quantitative estimate of drug-likeness (QED) is 0.145. The molecule has 0 aromatic heterocycles. The Labute approximate surface area is 281 Å². The highest BCUT2D eigenvalue weighted by molar-refractivity contribution is 6.01. The van der Waals surface area contributed by atoms with Crippen LogP contribution in [-0.4, -0.2) is 121 Å². The van der Waals surface area contributed by atoms with Crippen molar-refractivity contribution in [2.75, 3.05) is 19.8 Å². The summed E-state index contributed by atoms with van der Waals surface area (Å²) in [6.07, 6.45) is 3.52. The minimum atomic E-state index is -2.12. The number of ketones is 2. The lowest BCUT2D eigenvalue weighted by atomic mass is 9.44. The molecule has 1 spiro atoms. The fraction of sp³-hybridized carbons (Fsp3) is 0.719. The van der Waals surface area contributed by atoms with Gasteiger partial charge in [0.1, 0.15) is 30.9 Å². The number of amides is 1. The number of rotatable bonds is 4. The van der Waals surface area contributed by atoms with Gasteiger partial charge in [-0.15, -0.1) is 0 Å². The second-order valence-electron chi connectivity index (χ2n) is 15.0. The van der Waals surface area contributed by atoms with Crippen LogP contribution in [0, 0.1) is 28.6 Å². The van der Waals surface area contributed by atoms with E-state index < -0.39 is 82.1 Å². The number of primary amides is 1. The van der Waals surface area contributed by atoms with Crippen molar-refractivity contribution in [1.82, 2.24) is 10.2 Å². The number of carbonyl (C=O) groups excluding carboxylic acids is 3. The maximum Gasteiger partial charge on any atom is 0.404 e. The summed E-state index contributed by atoms with van der Waals surface area (Å²) in [6, 6.07) is -1.50. The molecule has 3 aliphatic heterocycles. The van der Waals surface area contributed by atoms with Gasteiger partial charge in [-0.3, -0.25) is 9.59 Å². The number of ether oxygens (including phenoxy) is 1. The Morgan fingerprint density at radius 2 is 1.88 bits per heavy atom. The molecule has 16 nitrogen and oxygen atoms in total. The number of allylic oxidation sites excluding steroid dienone is 4. The molecule has 11 atom stereocenters. The monoisotopic (exact) mass is 691 g/mol. The predicted octanol–water partition coefficient (Wildman–Crippen LogP) is -1.96. The first-order valence-corrected chi connectivity index (χ1v) is 16.5. The molecule has 0 radical (unpaired) electrons. The van der Waals surface area contributed by atoms with Crippen molar-refractivity contribution in [3.63, 3.8) is 0 Å². The molecular formula is C32H46FN7O9. The largest absolute Gasteiger partial charge is 0.447 e. The molecule has 3 saturated carbocycles. The number of halogens is 1. The van der Waals surface area contributed by atoms with E-state index in [0.29, 0.717) is 24.8 Å². The fourth-order valence-corrected chi connectivity index (χ4v) is 10.5. The molecule has 270 valence electrons. The van der Waals surface area contributed by atoms with E-state index in [2.05, 4.69) is 15.3 Å². The molecular weight excluding hydrogens is 645 g/mol. The van der Waals surface area contributed by atoms with Gasteiger partial charge in [0, 0.05) is 29.7 Å². The van der Waals surface area contributed by atoms with E-state index in [1.807, 2.05) is 0 Å². The Bertz CT molecular complexity index is 1590. The SMILES string of the molecule is C[C@@H]1C[C@H]2[C@@H]3CCC4=CC(=O)C=C[C@]4(C)[C@@]3(F)[C@@H](O)C[C@]2(C)[C@@]1(O)C(=O)CO.NC(=O)OC[C@@H]1N=C(N)N2CCC(O)(O)[C@@]23NC(N)=N[C@@H]13. The highest BCUT2D eigenvalue weighted by atomic mass is 19.1. The van der Waals surface area contributed by atoms with Crippen molar-refractivity contribution in [2.24, 2.45) is 55.8 Å². The van der Waals surface area contributed by atoms with Crippen LogP contribution in [0.5, 0.6) is 0 Å². The van der Waals surface area contributed by atoms with E-state index in [4.69, 9.17) is 21.9 Å². The number of alkyl halides is 1. The van der Waals surface area contributed by atoms with Crippen LogP contribution in [0.25, 0.3) is 0 Å². The number of fused-ring (bicyclic) bond motifs is 5. The molecule has 1 saturated heterocycles. The second-order valence-corrected chi connectivity index (χ2v) is 15.0. The van der Waals surface area contributed by atoms with Crippen LogP contribution in [0.3, 0.4) is 0 Å². The van der Waals surface area contributed by atoms with Crippen molar-refractivity contribution >= 4 is 29.6 Å². The van der Waals surface area contributed by atoms with Crippen molar-refractivity contribution in [1.29, 1.82) is 0 Å². The van der Waals surface area contributed by atoms with E-state index >= 15 is 4.39 Å². The van der Waals surface area contributed by atoms with E-state index in [-0.39, 0.29) is 49.6 Å². The van der Waals surface area contributed by atoms with Gasteiger partial charge in [0.2, 0.25) is 5.79 Å². The molecule has 0 bridgehead atoms. The maximum atomic E-state index is 16.9. The molecule has 0 unspecified atom stereocenters. The average molecular weight is 692 g/mol. The van der Waals surface area contributed by atoms with E-state index in [1.54, 1.807) is 26.8 Å². The number of hydrogen-bond donors (Lipinski definition) is 9. The summed E-state index contributed by atoms with van der Waals surface area (Å²) in [7, 11) is 0. The zero-order chi connectivity index (χ0) is 36.1. The average Bonchev–Trinajstić information content (AvgIpc) is 3.60. The zero-order valence-electron chi connectivity index (χ0n) is 27.7. The lowest BCUT2D eigenvalue weighted by molar-refractivity contribution is -0.221. The number of aliphatic hydroxyl groups is 5. The Kier molecular flexibility index (Phi) is 8.03. The summed E-state index contributed by atoms with van der Waals surface area (Å²) in [5, 5.41) is 55.5. The number of hydrogen-bond acceptors (Lipinski definition) is 15. The third kappa shape index (κ3) is 4.48. The molecule has 12 N–H and O–H groups in total. The number of nitrogens with one attached hydrogen (secondary N) is 1. The zero-order valence-corrected chi connectivity index (χ0v) is 27.7. The first kappa shape index (κ1) is 35.2. The molecule has 7 rings (SSSR count). The van der Waals surface area contributed by atoms with Crippen molar-refractivity contribution in [3.05, 3.63) is 23.8 Å². The molecule has 49 heavy (non-hydrogen) atoms. The molecule has 0 aromatic carbocycles. The van der Waals surface area contributed by atoms with Crippen LogP contribution < -0.4 is 22.5 Å². The van der Waals surface area contributed by atoms with Gasteiger partial charge in [-0.05, 0) is 56.6 Å². The minimum Gasteiger partial charge on any atom is -0.447 e. The molecule has 1 amide bonds. The van der Waals surface area contributed by atoms with Gasteiger partial charge in [0.15, 0.2) is 34.8 Å². The van der Waals surface area contributed by atoms with Gasteiger partial charge in [0.05, 0.1) is 6.10 Å². The van der Waals surface area contributed by atoms with Crippen molar-refractivity contribution < 1.29 is 49.0 Å². The van der Waals surface area contributed by atoms with Crippen LogP contribution >= 0.6 is 0 Å². The Morgan fingerprint density at radius 1 is 1.18 bits per heavy atom. The summed E-state index contributed by atoms with van der Waals surface area (Å²) in [5.74, 6) is -4.11. The van der Waals surface area contributed by atoms with Gasteiger partial charge in [-0.2, -0.15) is 0 Å². The topological polar surface area (TPSA) is 280 Å². The number of nitrogens with zero attached hydrogens (tertiary/aromatic N) is 3. The highest BCUT2D eigenvalue weighted by Gasteiger charge is 2.75. The minimum absolute atomic E-state index is 0.0355. The van der Waals surface area contributed by atoms with Crippen LogP contribution in [0.4, 0.5) is 9.18 Å². The summed E-state index contributed by atoms with van der Waals surface area (Å²) in [5.41, 5.74) is 9.93. The first-order chi connectivity index (χ1) is 22.7. The third-order valence-electron chi connectivity index (χ3n) is 12.9. The van der Waals surface area contributed by atoms with Gasteiger partial charge < -0.3 is 57.7 Å². The predicted molar refractivity (Wildman–Crippen MR) is 171 cm³/mol. The van der Waals surface area contributed by atoms with Gasteiger partial charge in [0.25, 0.3) is 0 Å². The smallest absolute Gasteiger partial charge is 0.404 e. The number of guanidine groups is 2. The number of aliphatic imine (C=N–C) groups is 2. The normalized spacial score (nSPS) is 45.5. The van der Waals surface area contributed by atoms with Crippen LogP contribution in [0.15, 0.2) is 33.8 Å². The van der Waals surface area contributed by atoms with Crippen LogP contribution in [0.1, 0.15) is 52.9 Å². The maximum absolute atomic E-state index is 16.9. The van der Waals surface area contributed by atoms with Crippen LogP contribution in [-0.2, 0) is 14.3 Å². The van der Waals surface area contributed by atoms with Crippen LogP contribution in [0.2, 0.25) is 0 Å². The first-order valence-electron chi connectivity index (χ1n) is 16.5. The van der Waals surface area contributed by atoms with E-state index in [1.165, 1.54) is 17.1 Å². The molecule has 17 heteroatoms. The number of nitrogens with two attached hydrogens (primary N) is 3. The molecule has 0 aromatic rings. The Balaban J connectivity index is 0.000000177. The van der Waals surface area contributed by atoms with E-state index in [0.717, 1.165) is 0 Å². The molecule has 4 aliphatic carbocycles. The Morgan fingerprint density at radius 3 is 2.53 bits per heavy atom. The number of carbonyl (C=O) groups is 3. The lowest BCUT2D eigenvalue weighted by Gasteiger charge is -2.62.